The number of methoxy groups -OCH3 is 1. The molecule has 7 heteroatoms. The molecule has 1 heterocycles. The number of anilines is 1. The molecule has 0 bridgehead atoms. The molecule has 0 aliphatic carbocycles. The van der Waals surface area contributed by atoms with Gasteiger partial charge in [0, 0.05) is 23.7 Å². The smallest absolute Gasteiger partial charge is 0.151 e. The van der Waals surface area contributed by atoms with Crippen LogP contribution in [-0.4, -0.2) is 26.3 Å². The molecule has 0 unspecified atom stereocenters. The summed E-state index contributed by atoms with van der Waals surface area (Å²) in [5.41, 5.74) is 7.18. The molecule has 4 nitrogen and oxygen atoms in total. The van der Waals surface area contributed by atoms with Crippen molar-refractivity contribution in [3.05, 3.63) is 40.1 Å². The summed E-state index contributed by atoms with van der Waals surface area (Å²) in [5, 5.41) is 3.82. The summed E-state index contributed by atoms with van der Waals surface area (Å²) in [7, 11) is 1.52. The van der Waals surface area contributed by atoms with Crippen molar-refractivity contribution in [3.8, 4) is 22.6 Å². The Bertz CT molecular complexity index is 732. The van der Waals surface area contributed by atoms with Crippen LogP contribution in [0.2, 0.25) is 10.0 Å². The molecule has 0 saturated carbocycles. The lowest BCUT2D eigenvalue weighted by Crippen LogP contribution is -2.37. The largest absolute Gasteiger partial charge is 0.497 e. The van der Waals surface area contributed by atoms with Crippen LogP contribution >= 0.6 is 23.2 Å². The number of ether oxygens (including phenoxy) is 2. The van der Waals surface area contributed by atoms with Crippen LogP contribution in [0.4, 0.5) is 10.1 Å². The number of fused-ring (bicyclic) bond motifs is 1. The molecular formula is C16H15Cl2FN2O2. The van der Waals surface area contributed by atoms with Crippen molar-refractivity contribution in [2.45, 2.75) is 6.10 Å². The predicted octanol–water partition coefficient (Wildman–Crippen LogP) is 3.94. The Kier molecular flexibility index (Phi) is 4.53. The molecule has 0 radical (unpaired) electrons. The fraction of sp³-hybridized carbons (Fsp3) is 0.250. The lowest BCUT2D eigenvalue weighted by Gasteiger charge is -2.29. The van der Waals surface area contributed by atoms with Gasteiger partial charge >= 0.3 is 0 Å². The summed E-state index contributed by atoms with van der Waals surface area (Å²) in [4.78, 5) is 0. The Balaban J connectivity index is 2.19. The second-order valence-corrected chi connectivity index (χ2v) is 5.97. The molecule has 0 amide bonds. The Morgan fingerprint density at radius 1 is 1.30 bits per heavy atom. The number of benzene rings is 2. The fourth-order valence-corrected chi connectivity index (χ4v) is 3.20. The van der Waals surface area contributed by atoms with Gasteiger partial charge in [0.25, 0.3) is 0 Å². The molecule has 3 rings (SSSR count). The number of rotatable bonds is 3. The second kappa shape index (κ2) is 6.43. The topological polar surface area (TPSA) is 56.5 Å². The molecule has 0 aromatic heterocycles. The van der Waals surface area contributed by atoms with E-state index in [0.29, 0.717) is 51.4 Å². The molecule has 2 aromatic carbocycles. The lowest BCUT2D eigenvalue weighted by atomic mass is 10.0. The van der Waals surface area contributed by atoms with E-state index >= 15 is 0 Å². The summed E-state index contributed by atoms with van der Waals surface area (Å²) in [6, 6.07) is 5.96. The highest BCUT2D eigenvalue weighted by Gasteiger charge is 2.25. The highest BCUT2D eigenvalue weighted by atomic mass is 35.5. The van der Waals surface area contributed by atoms with Crippen molar-refractivity contribution in [1.29, 1.82) is 0 Å². The summed E-state index contributed by atoms with van der Waals surface area (Å²) in [5.74, 6) is 0.596. The van der Waals surface area contributed by atoms with Crippen LogP contribution in [0, 0.1) is 5.82 Å². The van der Waals surface area contributed by atoms with Crippen molar-refractivity contribution in [1.82, 2.24) is 0 Å². The number of hydrogen-bond acceptors (Lipinski definition) is 4. The van der Waals surface area contributed by atoms with Crippen LogP contribution < -0.4 is 20.5 Å². The van der Waals surface area contributed by atoms with Gasteiger partial charge in [0.1, 0.15) is 17.7 Å². The minimum atomic E-state index is -0.413. The van der Waals surface area contributed by atoms with Gasteiger partial charge in [-0.3, -0.25) is 0 Å². The zero-order valence-corrected chi connectivity index (χ0v) is 13.8. The maximum Gasteiger partial charge on any atom is 0.151 e. The first kappa shape index (κ1) is 16.2. The molecule has 1 aliphatic heterocycles. The lowest BCUT2D eigenvalue weighted by molar-refractivity contribution is 0.215. The monoisotopic (exact) mass is 356 g/mol. The minimum Gasteiger partial charge on any atom is -0.497 e. The van der Waals surface area contributed by atoms with Crippen LogP contribution in [0.1, 0.15) is 0 Å². The zero-order chi connectivity index (χ0) is 16.6. The molecule has 122 valence electrons. The van der Waals surface area contributed by atoms with E-state index in [9.17, 15) is 4.39 Å². The Morgan fingerprint density at radius 3 is 2.61 bits per heavy atom. The van der Waals surface area contributed by atoms with E-state index in [1.807, 2.05) is 0 Å². The second-order valence-electron chi connectivity index (χ2n) is 5.15. The number of hydrogen-bond donors (Lipinski definition) is 2. The molecule has 2 aromatic rings. The first-order valence-electron chi connectivity index (χ1n) is 7.01. The first-order valence-corrected chi connectivity index (χ1v) is 7.76. The summed E-state index contributed by atoms with van der Waals surface area (Å²) in [6.07, 6.45) is -0.206. The van der Waals surface area contributed by atoms with Crippen molar-refractivity contribution in [2.75, 3.05) is 25.5 Å². The molecular weight excluding hydrogens is 342 g/mol. The van der Waals surface area contributed by atoms with Gasteiger partial charge in [-0.1, -0.05) is 23.2 Å². The van der Waals surface area contributed by atoms with E-state index in [2.05, 4.69) is 5.32 Å². The zero-order valence-electron chi connectivity index (χ0n) is 12.3. The van der Waals surface area contributed by atoms with E-state index in [0.717, 1.165) is 0 Å². The van der Waals surface area contributed by atoms with Crippen molar-refractivity contribution in [2.24, 2.45) is 5.73 Å². The van der Waals surface area contributed by atoms with E-state index < -0.39 is 5.82 Å². The van der Waals surface area contributed by atoms with Crippen LogP contribution in [0.5, 0.6) is 11.5 Å². The highest BCUT2D eigenvalue weighted by Crippen LogP contribution is 2.46. The number of nitrogens with one attached hydrogen (secondary N) is 1. The van der Waals surface area contributed by atoms with Gasteiger partial charge in [-0.25, -0.2) is 4.39 Å². The fourth-order valence-electron chi connectivity index (χ4n) is 2.53. The molecule has 0 spiro atoms. The summed E-state index contributed by atoms with van der Waals surface area (Å²) in [6.45, 7) is 0.851. The molecule has 1 atom stereocenters. The van der Waals surface area contributed by atoms with Crippen LogP contribution in [0.3, 0.4) is 0 Å². The normalized spacial score (nSPS) is 16.3. The SMILES string of the molecule is COc1cc(Cl)c(-c2cc(F)cc3c2O[C@H](CN)CN3)c(Cl)c1. The van der Waals surface area contributed by atoms with Gasteiger partial charge in [0.15, 0.2) is 5.75 Å². The van der Waals surface area contributed by atoms with Crippen LogP contribution in [-0.2, 0) is 0 Å². The van der Waals surface area contributed by atoms with Gasteiger partial charge < -0.3 is 20.5 Å². The highest BCUT2D eigenvalue weighted by molar-refractivity contribution is 6.39. The van der Waals surface area contributed by atoms with Gasteiger partial charge in [-0.05, 0) is 18.2 Å². The third-order valence-electron chi connectivity index (χ3n) is 3.64. The third-order valence-corrected chi connectivity index (χ3v) is 4.24. The van der Waals surface area contributed by atoms with E-state index in [1.54, 1.807) is 12.1 Å². The first-order chi connectivity index (χ1) is 11.0. The standard InChI is InChI=1S/C16H15Cl2FN2O2/c1-22-9-4-12(17)15(13(18)5-9)11-2-8(19)3-14-16(11)23-10(6-20)7-21-14/h2-5,10,21H,6-7,20H2,1H3/t10-/m1/s1. The van der Waals surface area contributed by atoms with E-state index in [4.69, 9.17) is 38.4 Å². The molecule has 0 saturated heterocycles. The molecule has 23 heavy (non-hydrogen) atoms. The molecule has 1 aliphatic rings. The Hall–Kier alpha value is -1.69. The molecule has 3 N–H and O–H groups in total. The summed E-state index contributed by atoms with van der Waals surface area (Å²) >= 11 is 12.7. The number of halogens is 3. The van der Waals surface area contributed by atoms with Crippen LogP contribution in [0.15, 0.2) is 24.3 Å². The van der Waals surface area contributed by atoms with Gasteiger partial charge in [0.05, 0.1) is 29.4 Å². The quantitative estimate of drug-likeness (QED) is 0.874. The van der Waals surface area contributed by atoms with Crippen molar-refractivity contribution in [3.63, 3.8) is 0 Å². The van der Waals surface area contributed by atoms with Crippen LogP contribution in [0.25, 0.3) is 11.1 Å². The van der Waals surface area contributed by atoms with Gasteiger partial charge in [-0.15, -0.1) is 0 Å². The average Bonchev–Trinajstić information content (AvgIpc) is 2.53. The minimum absolute atomic E-state index is 0.206. The number of nitrogens with two attached hydrogens (primary N) is 1. The van der Waals surface area contributed by atoms with Gasteiger partial charge in [-0.2, -0.15) is 0 Å². The molecule has 0 fully saturated rings. The van der Waals surface area contributed by atoms with E-state index in [-0.39, 0.29) is 6.10 Å². The Morgan fingerprint density at radius 2 is 2.00 bits per heavy atom. The maximum atomic E-state index is 14.0. The Labute approximate surface area is 143 Å². The van der Waals surface area contributed by atoms with Crippen molar-refractivity contribution >= 4 is 28.9 Å². The van der Waals surface area contributed by atoms with Gasteiger partial charge in [0.2, 0.25) is 0 Å². The average molecular weight is 357 g/mol. The van der Waals surface area contributed by atoms with Crippen molar-refractivity contribution < 1.29 is 13.9 Å². The predicted molar refractivity (Wildman–Crippen MR) is 90.4 cm³/mol. The summed E-state index contributed by atoms with van der Waals surface area (Å²) < 4.78 is 25.0. The van der Waals surface area contributed by atoms with E-state index in [1.165, 1.54) is 19.2 Å². The maximum absolute atomic E-state index is 14.0. The third kappa shape index (κ3) is 3.04.